The molecule has 0 aliphatic heterocycles. The first-order valence-electron chi connectivity index (χ1n) is 6.93. The maximum atomic E-state index is 3.54. The molecule has 1 rings (SSSR count). The van der Waals surface area contributed by atoms with Gasteiger partial charge in [0.1, 0.15) is 0 Å². The average Bonchev–Trinajstić information content (AvgIpc) is 2.18. The van der Waals surface area contributed by atoms with Gasteiger partial charge in [0, 0.05) is 0 Å². The minimum atomic E-state index is 0.867. The highest BCUT2D eigenvalue weighted by Gasteiger charge is 2.20. The Morgan fingerprint density at radius 1 is 1.33 bits per heavy atom. The second-order valence-corrected chi connectivity index (χ2v) is 5.68. The molecule has 90 valence electrons. The van der Waals surface area contributed by atoms with Crippen molar-refractivity contribution in [2.24, 2.45) is 17.8 Å². The van der Waals surface area contributed by atoms with E-state index in [9.17, 15) is 0 Å². The van der Waals surface area contributed by atoms with Gasteiger partial charge in [0.15, 0.2) is 0 Å². The Kier molecular flexibility index (Phi) is 6.31. The fourth-order valence-electron chi connectivity index (χ4n) is 2.95. The maximum absolute atomic E-state index is 3.54. The van der Waals surface area contributed by atoms with Gasteiger partial charge in [0.25, 0.3) is 0 Å². The zero-order valence-electron chi connectivity index (χ0n) is 10.9. The van der Waals surface area contributed by atoms with E-state index in [0.717, 1.165) is 17.8 Å². The zero-order chi connectivity index (χ0) is 11.1. The average molecular weight is 211 g/mol. The van der Waals surface area contributed by atoms with Gasteiger partial charge in [-0.15, -0.1) is 0 Å². The molecule has 0 bridgehead atoms. The van der Waals surface area contributed by atoms with Crippen molar-refractivity contribution < 1.29 is 0 Å². The van der Waals surface area contributed by atoms with E-state index in [1.54, 1.807) is 0 Å². The smallest absolute Gasteiger partial charge is 0.00231 e. The van der Waals surface area contributed by atoms with Gasteiger partial charge in [-0.2, -0.15) is 0 Å². The van der Waals surface area contributed by atoms with Crippen molar-refractivity contribution in [2.75, 3.05) is 13.1 Å². The van der Waals surface area contributed by atoms with Crippen LogP contribution in [0.25, 0.3) is 0 Å². The lowest BCUT2D eigenvalue weighted by molar-refractivity contribution is 0.241. The third kappa shape index (κ3) is 5.55. The fraction of sp³-hybridized carbons (Fsp3) is 1.00. The number of rotatable bonds is 6. The Bertz CT molecular complexity index is 155. The number of hydrogen-bond acceptors (Lipinski definition) is 1. The summed E-state index contributed by atoms with van der Waals surface area (Å²) in [7, 11) is 0. The van der Waals surface area contributed by atoms with Crippen LogP contribution in [0.1, 0.15) is 59.3 Å². The molecular formula is C14H29N. The van der Waals surface area contributed by atoms with E-state index in [0.29, 0.717) is 0 Å². The summed E-state index contributed by atoms with van der Waals surface area (Å²) in [6, 6.07) is 0. The van der Waals surface area contributed by atoms with E-state index in [4.69, 9.17) is 0 Å². The van der Waals surface area contributed by atoms with Gasteiger partial charge in [-0.25, -0.2) is 0 Å². The highest BCUT2D eigenvalue weighted by atomic mass is 14.8. The van der Waals surface area contributed by atoms with Crippen molar-refractivity contribution in [1.29, 1.82) is 0 Å². The Morgan fingerprint density at radius 2 is 2.13 bits per heavy atom. The largest absolute Gasteiger partial charge is 0.316 e. The molecule has 1 fully saturated rings. The van der Waals surface area contributed by atoms with Crippen molar-refractivity contribution in [3.8, 4) is 0 Å². The third-order valence-electron chi connectivity index (χ3n) is 3.70. The van der Waals surface area contributed by atoms with Crippen LogP contribution in [0.2, 0.25) is 0 Å². The molecule has 1 aliphatic rings. The van der Waals surface area contributed by atoms with Crippen LogP contribution in [0.3, 0.4) is 0 Å². The summed E-state index contributed by atoms with van der Waals surface area (Å²) in [4.78, 5) is 0. The van der Waals surface area contributed by atoms with E-state index in [1.807, 2.05) is 0 Å². The Labute approximate surface area is 96.0 Å². The molecule has 1 nitrogen and oxygen atoms in total. The molecule has 0 saturated heterocycles. The highest BCUT2D eigenvalue weighted by Crippen LogP contribution is 2.32. The summed E-state index contributed by atoms with van der Waals surface area (Å²) in [5.74, 6) is 2.87. The molecule has 1 aliphatic carbocycles. The van der Waals surface area contributed by atoms with E-state index >= 15 is 0 Å². The molecule has 0 aromatic carbocycles. The first-order valence-corrected chi connectivity index (χ1v) is 6.93. The second-order valence-electron chi connectivity index (χ2n) is 5.68. The van der Waals surface area contributed by atoms with E-state index < -0.39 is 0 Å². The SMILES string of the molecule is CCCNCC(C)CC1CCCC(C)C1. The molecule has 3 unspecified atom stereocenters. The lowest BCUT2D eigenvalue weighted by atomic mass is 9.78. The van der Waals surface area contributed by atoms with Crippen LogP contribution in [0, 0.1) is 17.8 Å². The summed E-state index contributed by atoms with van der Waals surface area (Å²) < 4.78 is 0. The lowest BCUT2D eigenvalue weighted by Crippen LogP contribution is -2.25. The van der Waals surface area contributed by atoms with Gasteiger partial charge in [-0.05, 0) is 50.1 Å². The summed E-state index contributed by atoms with van der Waals surface area (Å²) in [6.45, 7) is 9.47. The first-order chi connectivity index (χ1) is 7.22. The molecule has 3 atom stereocenters. The van der Waals surface area contributed by atoms with E-state index in [2.05, 4.69) is 26.1 Å². The Morgan fingerprint density at radius 3 is 2.80 bits per heavy atom. The van der Waals surface area contributed by atoms with Crippen molar-refractivity contribution in [1.82, 2.24) is 5.32 Å². The summed E-state index contributed by atoms with van der Waals surface area (Å²) in [6.07, 6.45) is 8.62. The lowest BCUT2D eigenvalue weighted by Gasteiger charge is -2.28. The van der Waals surface area contributed by atoms with Crippen LogP contribution in [-0.4, -0.2) is 13.1 Å². The summed E-state index contributed by atoms with van der Waals surface area (Å²) >= 11 is 0. The van der Waals surface area contributed by atoms with Crippen molar-refractivity contribution >= 4 is 0 Å². The molecule has 15 heavy (non-hydrogen) atoms. The molecule has 0 aromatic heterocycles. The van der Waals surface area contributed by atoms with Crippen LogP contribution in [-0.2, 0) is 0 Å². The van der Waals surface area contributed by atoms with Gasteiger partial charge in [-0.1, -0.05) is 40.0 Å². The second kappa shape index (κ2) is 7.27. The van der Waals surface area contributed by atoms with E-state index in [-0.39, 0.29) is 0 Å². The molecular weight excluding hydrogens is 182 g/mol. The van der Waals surface area contributed by atoms with Crippen LogP contribution in [0.15, 0.2) is 0 Å². The van der Waals surface area contributed by atoms with Gasteiger partial charge in [0.05, 0.1) is 0 Å². The fourth-order valence-corrected chi connectivity index (χ4v) is 2.95. The molecule has 1 N–H and O–H groups in total. The molecule has 0 spiro atoms. The van der Waals surface area contributed by atoms with Crippen molar-refractivity contribution in [2.45, 2.75) is 59.3 Å². The van der Waals surface area contributed by atoms with Gasteiger partial charge >= 0.3 is 0 Å². The molecule has 0 amide bonds. The first kappa shape index (κ1) is 13.0. The topological polar surface area (TPSA) is 12.0 Å². The molecule has 0 heterocycles. The van der Waals surface area contributed by atoms with E-state index in [1.165, 1.54) is 51.6 Å². The monoisotopic (exact) mass is 211 g/mol. The molecule has 0 aromatic rings. The van der Waals surface area contributed by atoms with Gasteiger partial charge < -0.3 is 5.32 Å². The predicted octanol–water partition coefficient (Wildman–Crippen LogP) is 3.84. The predicted molar refractivity (Wildman–Crippen MR) is 68.1 cm³/mol. The molecule has 1 heteroatoms. The molecule has 1 saturated carbocycles. The van der Waals surface area contributed by atoms with Gasteiger partial charge in [-0.3, -0.25) is 0 Å². The summed E-state index contributed by atoms with van der Waals surface area (Å²) in [5.41, 5.74) is 0. The van der Waals surface area contributed by atoms with Crippen LogP contribution in [0.5, 0.6) is 0 Å². The van der Waals surface area contributed by atoms with Gasteiger partial charge in [0.2, 0.25) is 0 Å². The van der Waals surface area contributed by atoms with Crippen LogP contribution >= 0.6 is 0 Å². The minimum Gasteiger partial charge on any atom is -0.316 e. The van der Waals surface area contributed by atoms with Crippen molar-refractivity contribution in [3.05, 3.63) is 0 Å². The quantitative estimate of drug-likeness (QED) is 0.658. The third-order valence-corrected chi connectivity index (χ3v) is 3.70. The minimum absolute atomic E-state index is 0.867. The molecule has 0 radical (unpaired) electrons. The number of nitrogens with one attached hydrogen (secondary N) is 1. The van der Waals surface area contributed by atoms with Crippen molar-refractivity contribution in [3.63, 3.8) is 0 Å². The summed E-state index contributed by atoms with van der Waals surface area (Å²) in [5, 5.41) is 3.54. The highest BCUT2D eigenvalue weighted by molar-refractivity contribution is 4.73. The zero-order valence-corrected chi connectivity index (χ0v) is 10.9. The standard InChI is InChI=1S/C14H29N/c1-4-8-15-11-13(3)10-14-7-5-6-12(2)9-14/h12-15H,4-11H2,1-3H3. The van der Waals surface area contributed by atoms with Crippen LogP contribution in [0.4, 0.5) is 0 Å². The normalized spacial score (nSPS) is 29.0. The van der Waals surface area contributed by atoms with Crippen LogP contribution < -0.4 is 5.32 Å². The number of hydrogen-bond donors (Lipinski definition) is 1. The maximum Gasteiger partial charge on any atom is -0.00231 e. The Hall–Kier alpha value is -0.0400. The Balaban J connectivity index is 2.10.